The van der Waals surface area contributed by atoms with Crippen molar-refractivity contribution in [3.05, 3.63) is 48.4 Å². The summed E-state index contributed by atoms with van der Waals surface area (Å²) in [6.45, 7) is 0.954. The Balaban J connectivity index is 1.91. The number of hydrogen-bond donors (Lipinski definition) is 2. The van der Waals surface area contributed by atoms with E-state index < -0.39 is 0 Å². The number of hydrogen-bond acceptors (Lipinski definition) is 3. The van der Waals surface area contributed by atoms with Crippen molar-refractivity contribution in [2.24, 2.45) is 0 Å². The molecule has 0 unspecified atom stereocenters. The van der Waals surface area contributed by atoms with E-state index in [0.717, 1.165) is 30.1 Å². The molecule has 2 heterocycles. The highest BCUT2D eigenvalue weighted by Crippen LogP contribution is 2.31. The normalized spacial score (nSPS) is 19.1. The average molecular weight is 214 g/mol. The molecule has 1 aromatic carbocycles. The van der Waals surface area contributed by atoms with Gasteiger partial charge in [-0.1, -0.05) is 12.1 Å². The number of rotatable bonds is 1. The number of fused-ring (bicyclic) bond motifs is 1. The summed E-state index contributed by atoms with van der Waals surface area (Å²) in [6.07, 6.45) is 2.74. The van der Waals surface area contributed by atoms with E-state index >= 15 is 0 Å². The van der Waals surface area contributed by atoms with Gasteiger partial charge >= 0.3 is 0 Å². The fraction of sp³-hybridized carbons (Fsp3) is 0.231. The highest BCUT2D eigenvalue weighted by atomic mass is 16.3. The zero-order chi connectivity index (χ0) is 10.8. The summed E-state index contributed by atoms with van der Waals surface area (Å²) in [5.74, 6) is 0.999. The molecular formula is C13H14N2O. The van der Waals surface area contributed by atoms with Crippen LogP contribution in [0.2, 0.25) is 0 Å². The van der Waals surface area contributed by atoms with Crippen molar-refractivity contribution in [1.29, 1.82) is 0 Å². The quantitative estimate of drug-likeness (QED) is 0.765. The van der Waals surface area contributed by atoms with Crippen LogP contribution in [0, 0.1) is 0 Å². The van der Waals surface area contributed by atoms with E-state index in [-0.39, 0.29) is 6.04 Å². The fourth-order valence-electron chi connectivity index (χ4n) is 2.08. The topological polar surface area (TPSA) is 37.2 Å². The zero-order valence-electron chi connectivity index (χ0n) is 8.94. The van der Waals surface area contributed by atoms with Crippen LogP contribution in [0.25, 0.3) is 0 Å². The maximum absolute atomic E-state index is 5.45. The molecule has 82 valence electrons. The number of para-hydroxylation sites is 2. The molecule has 1 atom stereocenters. The van der Waals surface area contributed by atoms with Crippen LogP contribution in [0.4, 0.5) is 11.4 Å². The van der Waals surface area contributed by atoms with Gasteiger partial charge in [-0.2, -0.15) is 0 Å². The molecule has 2 N–H and O–H groups in total. The van der Waals surface area contributed by atoms with E-state index in [9.17, 15) is 0 Å². The first-order valence-electron chi connectivity index (χ1n) is 5.56. The molecule has 0 bridgehead atoms. The lowest BCUT2D eigenvalue weighted by atomic mass is 10.1. The number of nitrogens with one attached hydrogen (secondary N) is 2. The molecule has 0 fully saturated rings. The molecule has 0 radical (unpaired) electrons. The Kier molecular flexibility index (Phi) is 2.29. The highest BCUT2D eigenvalue weighted by Gasteiger charge is 2.18. The van der Waals surface area contributed by atoms with Crippen LogP contribution in [0.5, 0.6) is 0 Å². The lowest BCUT2D eigenvalue weighted by Crippen LogP contribution is -2.09. The van der Waals surface area contributed by atoms with Gasteiger partial charge in [0, 0.05) is 6.54 Å². The lowest BCUT2D eigenvalue weighted by molar-refractivity contribution is 0.472. The van der Waals surface area contributed by atoms with Crippen molar-refractivity contribution >= 4 is 11.4 Å². The fourth-order valence-corrected chi connectivity index (χ4v) is 2.08. The van der Waals surface area contributed by atoms with E-state index in [0.29, 0.717) is 0 Å². The monoisotopic (exact) mass is 214 g/mol. The third-order valence-electron chi connectivity index (χ3n) is 2.89. The van der Waals surface area contributed by atoms with Gasteiger partial charge in [0.2, 0.25) is 0 Å². The summed E-state index contributed by atoms with van der Waals surface area (Å²) >= 11 is 0. The average Bonchev–Trinajstić information content (AvgIpc) is 2.75. The number of benzene rings is 1. The Bertz CT molecular complexity index is 465. The maximum atomic E-state index is 5.45. The molecule has 0 spiro atoms. The van der Waals surface area contributed by atoms with Gasteiger partial charge in [-0.3, -0.25) is 0 Å². The van der Waals surface area contributed by atoms with Crippen molar-refractivity contribution in [2.75, 3.05) is 17.2 Å². The summed E-state index contributed by atoms with van der Waals surface area (Å²) in [6, 6.07) is 12.5. The Morgan fingerprint density at radius 3 is 2.75 bits per heavy atom. The predicted octanol–water partition coefficient (Wildman–Crippen LogP) is 3.25. The van der Waals surface area contributed by atoms with Crippen LogP contribution < -0.4 is 10.6 Å². The standard InChI is InChI=1S/C13H14N2O/c1-2-5-11-10(4-1)14-8-7-12(15-11)13-6-3-9-16-13/h1-6,9,12,14-15H,7-8H2/t12-/m1/s1. The van der Waals surface area contributed by atoms with Crippen molar-refractivity contribution in [2.45, 2.75) is 12.5 Å². The second-order valence-corrected chi connectivity index (χ2v) is 3.97. The first kappa shape index (κ1) is 9.33. The highest BCUT2D eigenvalue weighted by molar-refractivity contribution is 5.69. The Morgan fingerprint density at radius 1 is 1.06 bits per heavy atom. The maximum Gasteiger partial charge on any atom is 0.126 e. The minimum absolute atomic E-state index is 0.256. The predicted molar refractivity (Wildman–Crippen MR) is 64.6 cm³/mol. The minimum Gasteiger partial charge on any atom is -0.467 e. The van der Waals surface area contributed by atoms with Gasteiger partial charge in [0.05, 0.1) is 23.7 Å². The second-order valence-electron chi connectivity index (χ2n) is 3.97. The molecule has 3 heteroatoms. The van der Waals surface area contributed by atoms with Crippen molar-refractivity contribution in [1.82, 2.24) is 0 Å². The summed E-state index contributed by atoms with van der Waals surface area (Å²) in [4.78, 5) is 0. The van der Waals surface area contributed by atoms with Crippen molar-refractivity contribution < 1.29 is 4.42 Å². The molecule has 0 saturated heterocycles. The molecule has 3 rings (SSSR count). The van der Waals surface area contributed by atoms with Crippen LogP contribution in [0.1, 0.15) is 18.2 Å². The van der Waals surface area contributed by atoms with Gasteiger partial charge in [-0.25, -0.2) is 0 Å². The van der Waals surface area contributed by atoms with E-state index in [2.05, 4.69) is 22.8 Å². The van der Waals surface area contributed by atoms with E-state index in [1.165, 1.54) is 0 Å². The first-order valence-corrected chi connectivity index (χ1v) is 5.56. The summed E-state index contributed by atoms with van der Waals surface area (Å²) in [7, 11) is 0. The number of anilines is 2. The SMILES string of the molecule is c1coc([C@H]2CCNc3ccccc3N2)c1. The van der Waals surface area contributed by atoms with Gasteiger partial charge in [0.15, 0.2) is 0 Å². The van der Waals surface area contributed by atoms with Gasteiger partial charge < -0.3 is 15.1 Å². The Hall–Kier alpha value is -1.90. The van der Waals surface area contributed by atoms with Crippen molar-refractivity contribution in [3.8, 4) is 0 Å². The molecule has 2 aromatic rings. The van der Waals surface area contributed by atoms with Gasteiger partial charge in [0.25, 0.3) is 0 Å². The molecule has 16 heavy (non-hydrogen) atoms. The van der Waals surface area contributed by atoms with Gasteiger partial charge in [-0.05, 0) is 30.7 Å². The van der Waals surface area contributed by atoms with Crippen LogP contribution in [0.3, 0.4) is 0 Å². The molecule has 0 amide bonds. The van der Waals surface area contributed by atoms with Crippen LogP contribution in [-0.2, 0) is 0 Å². The first-order chi connectivity index (χ1) is 7.93. The minimum atomic E-state index is 0.256. The van der Waals surface area contributed by atoms with E-state index in [1.807, 2.05) is 24.3 Å². The van der Waals surface area contributed by atoms with Crippen molar-refractivity contribution in [3.63, 3.8) is 0 Å². The van der Waals surface area contributed by atoms with Crippen LogP contribution >= 0.6 is 0 Å². The Labute approximate surface area is 94.5 Å². The Morgan fingerprint density at radius 2 is 1.94 bits per heavy atom. The second kappa shape index (κ2) is 3.93. The molecule has 0 saturated carbocycles. The molecule has 1 aliphatic rings. The molecule has 0 aliphatic carbocycles. The van der Waals surface area contributed by atoms with Crippen LogP contribution in [-0.4, -0.2) is 6.54 Å². The molecule has 1 aromatic heterocycles. The molecule has 1 aliphatic heterocycles. The van der Waals surface area contributed by atoms with Gasteiger partial charge in [0.1, 0.15) is 5.76 Å². The molecule has 3 nitrogen and oxygen atoms in total. The summed E-state index contributed by atoms with van der Waals surface area (Å²) in [5, 5.41) is 6.92. The largest absolute Gasteiger partial charge is 0.467 e. The third kappa shape index (κ3) is 1.65. The number of furan rings is 1. The third-order valence-corrected chi connectivity index (χ3v) is 2.89. The smallest absolute Gasteiger partial charge is 0.126 e. The molecular weight excluding hydrogens is 200 g/mol. The van der Waals surface area contributed by atoms with Gasteiger partial charge in [-0.15, -0.1) is 0 Å². The zero-order valence-corrected chi connectivity index (χ0v) is 8.94. The lowest BCUT2D eigenvalue weighted by Gasteiger charge is -2.14. The van der Waals surface area contributed by atoms with Crippen LogP contribution in [0.15, 0.2) is 47.1 Å². The van der Waals surface area contributed by atoms with E-state index in [1.54, 1.807) is 6.26 Å². The van der Waals surface area contributed by atoms with E-state index in [4.69, 9.17) is 4.42 Å². The summed E-state index contributed by atoms with van der Waals surface area (Å²) < 4.78 is 5.45. The summed E-state index contributed by atoms with van der Waals surface area (Å²) in [5.41, 5.74) is 2.30.